The van der Waals surface area contributed by atoms with Gasteiger partial charge in [0.05, 0.1) is 5.69 Å². The first-order valence-corrected chi connectivity index (χ1v) is 4.85. The summed E-state index contributed by atoms with van der Waals surface area (Å²) in [6.45, 7) is 5.40. The maximum Gasteiger partial charge on any atom is 0.249 e. The highest BCUT2D eigenvalue weighted by atomic mass is 16.1. The van der Waals surface area contributed by atoms with Crippen LogP contribution >= 0.6 is 0 Å². The molecule has 0 spiro atoms. The highest BCUT2D eigenvalue weighted by Gasteiger charge is 2.13. The van der Waals surface area contributed by atoms with E-state index >= 15 is 0 Å². The van der Waals surface area contributed by atoms with Crippen molar-refractivity contribution in [1.29, 1.82) is 5.26 Å². The number of nitrogens with zero attached hydrogens (tertiary/aromatic N) is 3. The van der Waals surface area contributed by atoms with E-state index in [1.807, 2.05) is 19.9 Å². The molecule has 16 heavy (non-hydrogen) atoms. The molecule has 84 valence electrons. The molecule has 0 saturated heterocycles. The van der Waals surface area contributed by atoms with Crippen molar-refractivity contribution < 1.29 is 4.79 Å². The van der Waals surface area contributed by atoms with Gasteiger partial charge in [-0.1, -0.05) is 5.57 Å². The Bertz CT molecular complexity index is 487. The minimum absolute atomic E-state index is 0.250. The minimum atomic E-state index is -0.250. The van der Waals surface area contributed by atoms with Gasteiger partial charge >= 0.3 is 0 Å². The van der Waals surface area contributed by atoms with Crippen LogP contribution in [0.5, 0.6) is 0 Å². The number of aryl methyl sites for hydroxylation is 2. The van der Waals surface area contributed by atoms with Crippen LogP contribution in [0.4, 0.5) is 5.82 Å². The first kappa shape index (κ1) is 12.0. The van der Waals surface area contributed by atoms with Gasteiger partial charge in [0, 0.05) is 13.1 Å². The summed E-state index contributed by atoms with van der Waals surface area (Å²) in [6.07, 6.45) is 1.48. The summed E-state index contributed by atoms with van der Waals surface area (Å²) in [4.78, 5) is 11.5. The van der Waals surface area contributed by atoms with Crippen LogP contribution in [0.2, 0.25) is 0 Å². The molecule has 1 heterocycles. The van der Waals surface area contributed by atoms with Crippen LogP contribution in [0, 0.1) is 18.3 Å². The van der Waals surface area contributed by atoms with E-state index in [0.717, 1.165) is 5.57 Å². The van der Waals surface area contributed by atoms with E-state index < -0.39 is 0 Å². The van der Waals surface area contributed by atoms with Gasteiger partial charge in [-0.3, -0.25) is 9.48 Å². The van der Waals surface area contributed by atoms with Gasteiger partial charge in [-0.25, -0.2) is 0 Å². The largest absolute Gasteiger partial charge is 0.306 e. The monoisotopic (exact) mass is 218 g/mol. The van der Waals surface area contributed by atoms with Crippen molar-refractivity contribution in [1.82, 2.24) is 9.78 Å². The lowest BCUT2D eigenvalue weighted by molar-refractivity contribution is -0.112. The molecule has 1 aromatic rings. The number of carbonyl (C=O) groups excluding carboxylic acids is 1. The number of nitriles is 1. The summed E-state index contributed by atoms with van der Waals surface area (Å²) in [5.74, 6) is 0.182. The Kier molecular flexibility index (Phi) is 3.46. The highest BCUT2D eigenvalue weighted by molar-refractivity contribution is 5.99. The quantitative estimate of drug-likeness (QED) is 0.765. The van der Waals surface area contributed by atoms with E-state index in [0.29, 0.717) is 17.1 Å². The number of nitrogens with one attached hydrogen (secondary N) is 1. The first-order valence-electron chi connectivity index (χ1n) is 4.85. The predicted octanol–water partition coefficient (Wildman–Crippen LogP) is 1.50. The molecule has 1 rings (SSSR count). The molecule has 0 radical (unpaired) electrons. The standard InChI is InChI=1S/C11H14N4O/c1-7(2)5-10(16)13-11-9(6-12)8(3)14-15(11)4/h5H,1-4H3,(H,13,16). The Morgan fingerprint density at radius 2 is 2.19 bits per heavy atom. The fraction of sp³-hybridized carbons (Fsp3) is 0.364. The smallest absolute Gasteiger partial charge is 0.249 e. The number of allylic oxidation sites excluding steroid dienone is 1. The first-order chi connectivity index (χ1) is 7.45. The second-order valence-corrected chi connectivity index (χ2v) is 3.76. The van der Waals surface area contributed by atoms with Crippen LogP contribution in [-0.2, 0) is 11.8 Å². The molecule has 0 aliphatic carbocycles. The summed E-state index contributed by atoms with van der Waals surface area (Å²) in [6, 6.07) is 2.02. The van der Waals surface area contributed by atoms with E-state index in [9.17, 15) is 4.79 Å². The lowest BCUT2D eigenvalue weighted by Gasteiger charge is -2.03. The maximum absolute atomic E-state index is 11.5. The van der Waals surface area contributed by atoms with Crippen LogP contribution < -0.4 is 5.32 Å². The third-order valence-electron chi connectivity index (χ3n) is 2.00. The fourth-order valence-electron chi connectivity index (χ4n) is 1.35. The molecule has 1 amide bonds. The zero-order chi connectivity index (χ0) is 12.3. The number of rotatable bonds is 2. The van der Waals surface area contributed by atoms with Gasteiger partial charge in [0.25, 0.3) is 0 Å². The summed E-state index contributed by atoms with van der Waals surface area (Å²) in [7, 11) is 1.69. The van der Waals surface area contributed by atoms with Gasteiger partial charge < -0.3 is 5.32 Å². The number of aromatic nitrogens is 2. The summed E-state index contributed by atoms with van der Waals surface area (Å²) in [5, 5.41) is 15.7. The van der Waals surface area contributed by atoms with Crippen molar-refractivity contribution in [3.8, 4) is 6.07 Å². The zero-order valence-electron chi connectivity index (χ0n) is 9.83. The summed E-state index contributed by atoms with van der Waals surface area (Å²) in [5.41, 5.74) is 1.91. The van der Waals surface area contributed by atoms with Gasteiger partial charge in [0.1, 0.15) is 17.5 Å². The van der Waals surface area contributed by atoms with E-state index in [4.69, 9.17) is 5.26 Å². The van der Waals surface area contributed by atoms with Crippen LogP contribution in [0.15, 0.2) is 11.6 Å². The van der Waals surface area contributed by atoms with Crippen molar-refractivity contribution in [2.24, 2.45) is 7.05 Å². The van der Waals surface area contributed by atoms with E-state index in [2.05, 4.69) is 10.4 Å². The molecular weight excluding hydrogens is 204 g/mol. The second-order valence-electron chi connectivity index (χ2n) is 3.76. The Hall–Kier alpha value is -2.09. The Balaban J connectivity index is 3.03. The third-order valence-corrected chi connectivity index (χ3v) is 2.00. The summed E-state index contributed by atoms with van der Waals surface area (Å²) < 4.78 is 1.49. The molecule has 0 aliphatic rings. The molecule has 0 unspecified atom stereocenters. The predicted molar refractivity (Wildman–Crippen MR) is 60.7 cm³/mol. The molecule has 0 aliphatic heterocycles. The van der Waals surface area contributed by atoms with Gasteiger partial charge in [-0.05, 0) is 20.8 Å². The van der Waals surface area contributed by atoms with E-state index in [-0.39, 0.29) is 5.91 Å². The third kappa shape index (κ3) is 2.48. The molecule has 0 atom stereocenters. The number of amides is 1. The normalized spacial score (nSPS) is 9.44. The molecule has 0 bridgehead atoms. The molecule has 0 aromatic carbocycles. The lowest BCUT2D eigenvalue weighted by atomic mass is 10.2. The van der Waals surface area contributed by atoms with Gasteiger partial charge in [0.15, 0.2) is 0 Å². The van der Waals surface area contributed by atoms with Crippen LogP contribution in [-0.4, -0.2) is 15.7 Å². The molecule has 1 N–H and O–H groups in total. The second kappa shape index (κ2) is 4.62. The SMILES string of the molecule is CC(C)=CC(=O)Nc1c(C#N)c(C)nn1C. The van der Waals surface area contributed by atoms with E-state index in [1.54, 1.807) is 14.0 Å². The van der Waals surface area contributed by atoms with Crippen LogP contribution in [0.3, 0.4) is 0 Å². The van der Waals surface area contributed by atoms with Gasteiger partial charge in [-0.2, -0.15) is 10.4 Å². The van der Waals surface area contributed by atoms with Crippen molar-refractivity contribution >= 4 is 11.7 Å². The molecule has 0 fully saturated rings. The molecule has 5 heteroatoms. The molecular formula is C11H14N4O. The lowest BCUT2D eigenvalue weighted by Crippen LogP contribution is -2.12. The molecule has 5 nitrogen and oxygen atoms in total. The number of hydrogen-bond donors (Lipinski definition) is 1. The Morgan fingerprint density at radius 3 is 2.69 bits per heavy atom. The number of carbonyl (C=O) groups is 1. The van der Waals surface area contributed by atoms with E-state index in [1.165, 1.54) is 10.8 Å². The van der Waals surface area contributed by atoms with Crippen molar-refractivity contribution in [2.45, 2.75) is 20.8 Å². The summed E-state index contributed by atoms with van der Waals surface area (Å²) >= 11 is 0. The van der Waals surface area contributed by atoms with Gasteiger partial charge in [0.2, 0.25) is 5.91 Å². The number of anilines is 1. The topological polar surface area (TPSA) is 70.7 Å². The van der Waals surface area contributed by atoms with Gasteiger partial charge in [-0.15, -0.1) is 0 Å². The van der Waals surface area contributed by atoms with Crippen molar-refractivity contribution in [3.05, 3.63) is 22.9 Å². The zero-order valence-corrected chi connectivity index (χ0v) is 9.83. The number of hydrogen-bond acceptors (Lipinski definition) is 3. The average Bonchev–Trinajstić information content (AvgIpc) is 2.40. The fourth-order valence-corrected chi connectivity index (χ4v) is 1.35. The Labute approximate surface area is 94.4 Å². The molecule has 0 saturated carbocycles. The molecule has 1 aromatic heterocycles. The van der Waals surface area contributed by atoms with Crippen LogP contribution in [0.1, 0.15) is 25.1 Å². The van der Waals surface area contributed by atoms with Crippen molar-refractivity contribution in [3.63, 3.8) is 0 Å². The Morgan fingerprint density at radius 1 is 1.56 bits per heavy atom. The maximum atomic E-state index is 11.5. The average molecular weight is 218 g/mol. The minimum Gasteiger partial charge on any atom is -0.306 e. The highest BCUT2D eigenvalue weighted by Crippen LogP contribution is 2.17. The van der Waals surface area contributed by atoms with Crippen molar-refractivity contribution in [2.75, 3.05) is 5.32 Å². The van der Waals surface area contributed by atoms with Crippen LogP contribution in [0.25, 0.3) is 0 Å².